The van der Waals surface area contributed by atoms with Crippen molar-refractivity contribution in [2.45, 2.75) is 6.92 Å². The first-order chi connectivity index (χ1) is 8.61. The lowest BCUT2D eigenvalue weighted by atomic mass is 10.1. The maximum atomic E-state index is 13.6. The first-order valence-corrected chi connectivity index (χ1v) is 6.18. The van der Waals surface area contributed by atoms with Crippen LogP contribution in [0.1, 0.15) is 17.3 Å². The summed E-state index contributed by atoms with van der Waals surface area (Å²) in [4.78, 5) is 16.1. The zero-order valence-corrected chi connectivity index (χ0v) is 10.5. The van der Waals surface area contributed by atoms with Crippen molar-refractivity contribution >= 4 is 11.6 Å². The quantitative estimate of drug-likeness (QED) is 0.803. The lowest BCUT2D eigenvalue weighted by Gasteiger charge is -2.34. The van der Waals surface area contributed by atoms with E-state index in [1.165, 1.54) is 18.2 Å². The SMILES string of the molecule is CCN1CCN(C(=O)c2cc(N)ccc2F)CC1. The maximum absolute atomic E-state index is 13.6. The van der Waals surface area contributed by atoms with Gasteiger partial charge in [-0.3, -0.25) is 4.79 Å². The predicted octanol–water partition coefficient (Wildman–Crippen LogP) is 1.19. The number of nitrogens with two attached hydrogens (primary N) is 1. The molecule has 1 fully saturated rings. The number of amides is 1. The summed E-state index contributed by atoms with van der Waals surface area (Å²) in [5, 5.41) is 0. The van der Waals surface area contributed by atoms with Gasteiger partial charge < -0.3 is 15.5 Å². The van der Waals surface area contributed by atoms with Crippen LogP contribution in [-0.4, -0.2) is 48.4 Å². The number of halogens is 1. The topological polar surface area (TPSA) is 49.6 Å². The number of piperazine rings is 1. The van der Waals surface area contributed by atoms with Gasteiger partial charge in [0.2, 0.25) is 0 Å². The Labute approximate surface area is 106 Å². The van der Waals surface area contributed by atoms with Gasteiger partial charge in [0, 0.05) is 31.9 Å². The zero-order valence-electron chi connectivity index (χ0n) is 10.5. The lowest BCUT2D eigenvalue weighted by molar-refractivity contribution is 0.0639. The van der Waals surface area contributed by atoms with Gasteiger partial charge in [-0.2, -0.15) is 0 Å². The number of nitrogens with zero attached hydrogens (tertiary/aromatic N) is 2. The molecule has 0 atom stereocenters. The molecule has 98 valence electrons. The lowest BCUT2D eigenvalue weighted by Crippen LogP contribution is -2.48. The van der Waals surface area contributed by atoms with E-state index in [4.69, 9.17) is 5.73 Å². The van der Waals surface area contributed by atoms with E-state index in [0.29, 0.717) is 18.8 Å². The zero-order chi connectivity index (χ0) is 13.1. The van der Waals surface area contributed by atoms with Gasteiger partial charge in [-0.1, -0.05) is 6.92 Å². The number of rotatable bonds is 2. The Morgan fingerprint density at radius 2 is 2.00 bits per heavy atom. The van der Waals surface area contributed by atoms with Crippen LogP contribution in [0.3, 0.4) is 0 Å². The molecule has 0 saturated carbocycles. The van der Waals surface area contributed by atoms with Crippen LogP contribution in [0, 0.1) is 5.82 Å². The highest BCUT2D eigenvalue weighted by Crippen LogP contribution is 2.15. The third-order valence-corrected chi connectivity index (χ3v) is 3.33. The molecule has 2 N–H and O–H groups in total. The van der Waals surface area contributed by atoms with Crippen molar-refractivity contribution in [3.05, 3.63) is 29.6 Å². The number of hydrogen-bond donors (Lipinski definition) is 1. The van der Waals surface area contributed by atoms with Crippen molar-refractivity contribution in [3.63, 3.8) is 0 Å². The number of nitrogen functional groups attached to an aromatic ring is 1. The first kappa shape index (κ1) is 12.8. The molecule has 1 heterocycles. The molecule has 0 aliphatic carbocycles. The fraction of sp³-hybridized carbons (Fsp3) is 0.462. The van der Waals surface area contributed by atoms with Gasteiger partial charge >= 0.3 is 0 Å². The maximum Gasteiger partial charge on any atom is 0.256 e. The molecular formula is C13H18FN3O. The van der Waals surface area contributed by atoms with E-state index in [2.05, 4.69) is 11.8 Å². The molecule has 18 heavy (non-hydrogen) atoms. The minimum atomic E-state index is -0.507. The molecule has 0 bridgehead atoms. The van der Waals surface area contributed by atoms with E-state index in [0.717, 1.165) is 19.6 Å². The van der Waals surface area contributed by atoms with E-state index in [-0.39, 0.29) is 11.5 Å². The highest BCUT2D eigenvalue weighted by atomic mass is 19.1. The Kier molecular flexibility index (Phi) is 3.81. The van der Waals surface area contributed by atoms with Crippen molar-refractivity contribution in [3.8, 4) is 0 Å². The second kappa shape index (κ2) is 5.35. The molecule has 1 aliphatic rings. The van der Waals surface area contributed by atoms with Crippen molar-refractivity contribution < 1.29 is 9.18 Å². The summed E-state index contributed by atoms with van der Waals surface area (Å²) in [5.41, 5.74) is 6.07. The molecule has 4 nitrogen and oxygen atoms in total. The monoisotopic (exact) mass is 251 g/mol. The fourth-order valence-electron chi connectivity index (χ4n) is 2.14. The highest BCUT2D eigenvalue weighted by molar-refractivity contribution is 5.95. The van der Waals surface area contributed by atoms with E-state index in [9.17, 15) is 9.18 Å². The van der Waals surface area contributed by atoms with E-state index < -0.39 is 5.82 Å². The summed E-state index contributed by atoms with van der Waals surface area (Å²) in [7, 11) is 0. The summed E-state index contributed by atoms with van der Waals surface area (Å²) >= 11 is 0. The van der Waals surface area contributed by atoms with Crippen molar-refractivity contribution in [2.75, 3.05) is 38.5 Å². The van der Waals surface area contributed by atoms with Crippen LogP contribution in [0.25, 0.3) is 0 Å². The fourth-order valence-corrected chi connectivity index (χ4v) is 2.14. The van der Waals surface area contributed by atoms with Crippen LogP contribution < -0.4 is 5.73 Å². The summed E-state index contributed by atoms with van der Waals surface area (Å²) in [5.74, 6) is -0.775. The van der Waals surface area contributed by atoms with Gasteiger partial charge in [-0.15, -0.1) is 0 Å². The molecule has 0 spiro atoms. The molecule has 0 radical (unpaired) electrons. The van der Waals surface area contributed by atoms with Gasteiger partial charge in [0.15, 0.2) is 0 Å². The van der Waals surface area contributed by atoms with Crippen LogP contribution in [0.4, 0.5) is 10.1 Å². The molecule has 5 heteroatoms. The second-order valence-electron chi connectivity index (χ2n) is 4.47. The molecule has 0 aromatic heterocycles. The standard InChI is InChI=1S/C13H18FN3O/c1-2-16-5-7-17(8-6-16)13(18)11-9-10(15)3-4-12(11)14/h3-4,9H,2,5-8,15H2,1H3. The van der Waals surface area contributed by atoms with E-state index >= 15 is 0 Å². The number of carbonyl (C=O) groups is 1. The van der Waals surface area contributed by atoms with Crippen LogP contribution in [0.15, 0.2) is 18.2 Å². The van der Waals surface area contributed by atoms with Gasteiger partial charge in [-0.25, -0.2) is 4.39 Å². The Morgan fingerprint density at radius 3 is 2.61 bits per heavy atom. The summed E-state index contributed by atoms with van der Waals surface area (Å²) in [6.45, 7) is 6.03. The Morgan fingerprint density at radius 1 is 1.33 bits per heavy atom. The molecular weight excluding hydrogens is 233 g/mol. The first-order valence-electron chi connectivity index (χ1n) is 6.18. The van der Waals surface area contributed by atoms with Gasteiger partial charge in [0.1, 0.15) is 5.82 Å². The van der Waals surface area contributed by atoms with E-state index in [1.807, 2.05) is 0 Å². The molecule has 1 aromatic carbocycles. The summed E-state index contributed by atoms with van der Waals surface area (Å²) in [6.07, 6.45) is 0. The number of benzene rings is 1. The number of hydrogen-bond acceptors (Lipinski definition) is 3. The number of likely N-dealkylation sites (N-methyl/N-ethyl adjacent to an activating group) is 1. The Hall–Kier alpha value is -1.62. The summed E-state index contributed by atoms with van der Waals surface area (Å²) in [6, 6.07) is 4.11. The summed E-state index contributed by atoms with van der Waals surface area (Å²) < 4.78 is 13.6. The molecule has 2 rings (SSSR count). The van der Waals surface area contributed by atoms with Crippen LogP contribution in [0.2, 0.25) is 0 Å². The van der Waals surface area contributed by atoms with Crippen molar-refractivity contribution in [1.82, 2.24) is 9.80 Å². The number of carbonyl (C=O) groups excluding carboxylic acids is 1. The Bertz CT molecular complexity index is 442. The average Bonchev–Trinajstić information content (AvgIpc) is 2.41. The van der Waals surface area contributed by atoms with Gasteiger partial charge in [0.05, 0.1) is 5.56 Å². The largest absolute Gasteiger partial charge is 0.399 e. The minimum Gasteiger partial charge on any atom is -0.399 e. The highest BCUT2D eigenvalue weighted by Gasteiger charge is 2.23. The molecule has 0 unspecified atom stereocenters. The average molecular weight is 251 g/mol. The van der Waals surface area contributed by atoms with E-state index in [1.54, 1.807) is 4.90 Å². The molecule has 1 amide bonds. The van der Waals surface area contributed by atoms with Crippen LogP contribution in [-0.2, 0) is 0 Å². The van der Waals surface area contributed by atoms with Crippen LogP contribution >= 0.6 is 0 Å². The van der Waals surface area contributed by atoms with Crippen molar-refractivity contribution in [1.29, 1.82) is 0 Å². The molecule has 1 aromatic rings. The third-order valence-electron chi connectivity index (χ3n) is 3.33. The van der Waals surface area contributed by atoms with Crippen LogP contribution in [0.5, 0.6) is 0 Å². The van der Waals surface area contributed by atoms with Crippen molar-refractivity contribution in [2.24, 2.45) is 0 Å². The predicted molar refractivity (Wildman–Crippen MR) is 68.8 cm³/mol. The van der Waals surface area contributed by atoms with Gasteiger partial charge in [-0.05, 0) is 24.7 Å². The normalized spacial score (nSPS) is 16.9. The second-order valence-corrected chi connectivity index (χ2v) is 4.47. The smallest absolute Gasteiger partial charge is 0.256 e. The Balaban J connectivity index is 2.10. The molecule has 1 aliphatic heterocycles. The molecule has 1 saturated heterocycles. The van der Waals surface area contributed by atoms with Gasteiger partial charge in [0.25, 0.3) is 5.91 Å². The minimum absolute atomic E-state index is 0.0694. The third kappa shape index (κ3) is 2.61. The number of anilines is 1.